The summed E-state index contributed by atoms with van der Waals surface area (Å²) in [4.78, 5) is 31.1. The Morgan fingerprint density at radius 1 is 1.00 bits per heavy atom. The zero-order valence-corrected chi connectivity index (χ0v) is 19.4. The first kappa shape index (κ1) is 21.9. The summed E-state index contributed by atoms with van der Waals surface area (Å²) >= 11 is 1.22. The van der Waals surface area contributed by atoms with Crippen LogP contribution in [-0.2, 0) is 4.79 Å². The van der Waals surface area contributed by atoms with Crippen molar-refractivity contribution < 1.29 is 9.53 Å². The van der Waals surface area contributed by atoms with Crippen LogP contribution in [0.25, 0.3) is 16.6 Å². The minimum Gasteiger partial charge on any atom is -0.495 e. The predicted molar refractivity (Wildman–Crippen MR) is 134 cm³/mol. The molecule has 0 bridgehead atoms. The quantitative estimate of drug-likeness (QED) is 0.313. The molecule has 3 aromatic carbocycles. The zero-order chi connectivity index (χ0) is 23.5. The van der Waals surface area contributed by atoms with Gasteiger partial charge in [-0.3, -0.25) is 14.2 Å². The lowest BCUT2D eigenvalue weighted by Gasteiger charge is -2.16. The molecule has 34 heavy (non-hydrogen) atoms. The number of fused-ring (bicyclic) bond motifs is 1. The van der Waals surface area contributed by atoms with Crippen molar-refractivity contribution in [1.82, 2.24) is 14.6 Å². The average molecular weight is 471 g/mol. The van der Waals surface area contributed by atoms with Gasteiger partial charge in [0.25, 0.3) is 11.5 Å². The molecule has 0 atom stereocenters. The SMILES string of the molecule is COc1ccccc1-n1c(SCC(=O)N2CCC(c3ccccc3)=N2)nc2ccccc2c1=O. The van der Waals surface area contributed by atoms with E-state index >= 15 is 0 Å². The lowest BCUT2D eigenvalue weighted by Crippen LogP contribution is -2.26. The minimum absolute atomic E-state index is 0.103. The lowest BCUT2D eigenvalue weighted by atomic mass is 10.1. The molecular formula is C26H22N4O3S. The van der Waals surface area contributed by atoms with Crippen molar-refractivity contribution in [3.63, 3.8) is 0 Å². The van der Waals surface area contributed by atoms with Gasteiger partial charge in [0, 0.05) is 6.42 Å². The van der Waals surface area contributed by atoms with Gasteiger partial charge in [0.15, 0.2) is 5.16 Å². The third-order valence-electron chi connectivity index (χ3n) is 5.59. The third-order valence-corrected chi connectivity index (χ3v) is 6.52. The number of benzene rings is 3. The maximum absolute atomic E-state index is 13.5. The van der Waals surface area contributed by atoms with E-state index in [-0.39, 0.29) is 17.2 Å². The maximum Gasteiger partial charge on any atom is 0.266 e. The van der Waals surface area contributed by atoms with Gasteiger partial charge in [0.1, 0.15) is 5.75 Å². The molecule has 1 amide bonds. The number of rotatable bonds is 6. The van der Waals surface area contributed by atoms with Gasteiger partial charge in [-0.1, -0.05) is 66.4 Å². The van der Waals surface area contributed by atoms with Crippen molar-refractivity contribution in [2.45, 2.75) is 11.6 Å². The number of para-hydroxylation sites is 3. The van der Waals surface area contributed by atoms with Crippen molar-refractivity contribution in [2.75, 3.05) is 19.4 Å². The van der Waals surface area contributed by atoms with Crippen molar-refractivity contribution in [3.05, 3.63) is 94.8 Å². The number of carbonyl (C=O) groups excluding carboxylic acids is 1. The Morgan fingerprint density at radius 3 is 2.56 bits per heavy atom. The average Bonchev–Trinajstić information content (AvgIpc) is 3.39. The van der Waals surface area contributed by atoms with Crippen LogP contribution in [0, 0.1) is 0 Å². The summed E-state index contributed by atoms with van der Waals surface area (Å²) < 4.78 is 7.01. The van der Waals surface area contributed by atoms with Gasteiger partial charge in [0.2, 0.25) is 0 Å². The molecule has 8 heteroatoms. The largest absolute Gasteiger partial charge is 0.495 e. The number of nitrogens with zero attached hydrogens (tertiary/aromatic N) is 4. The van der Waals surface area contributed by atoms with Gasteiger partial charge in [-0.15, -0.1) is 0 Å². The van der Waals surface area contributed by atoms with Crippen molar-refractivity contribution in [3.8, 4) is 11.4 Å². The Balaban J connectivity index is 1.46. The fourth-order valence-electron chi connectivity index (χ4n) is 3.91. The van der Waals surface area contributed by atoms with Crippen LogP contribution < -0.4 is 10.3 Å². The number of methoxy groups -OCH3 is 1. The van der Waals surface area contributed by atoms with Crippen LogP contribution in [0.4, 0.5) is 0 Å². The maximum atomic E-state index is 13.5. The predicted octanol–water partition coefficient (Wildman–Crippen LogP) is 4.12. The van der Waals surface area contributed by atoms with Gasteiger partial charge in [-0.2, -0.15) is 5.10 Å². The molecule has 1 aromatic heterocycles. The third kappa shape index (κ3) is 4.20. The van der Waals surface area contributed by atoms with Crippen LogP contribution in [0.5, 0.6) is 5.75 Å². The number of hydrazone groups is 1. The summed E-state index contributed by atoms with van der Waals surface area (Å²) in [6.45, 7) is 0.536. The van der Waals surface area contributed by atoms with Crippen molar-refractivity contribution in [1.29, 1.82) is 0 Å². The first-order valence-corrected chi connectivity index (χ1v) is 11.9. The normalized spacial score (nSPS) is 13.2. The van der Waals surface area contributed by atoms with Crippen LogP contribution in [0.2, 0.25) is 0 Å². The number of amides is 1. The highest BCUT2D eigenvalue weighted by molar-refractivity contribution is 7.99. The molecular weight excluding hydrogens is 448 g/mol. The molecule has 0 saturated heterocycles. The Labute approximate surface area is 200 Å². The molecule has 2 heterocycles. The van der Waals surface area contributed by atoms with E-state index in [0.717, 1.165) is 11.3 Å². The van der Waals surface area contributed by atoms with Crippen molar-refractivity contribution in [2.24, 2.45) is 5.10 Å². The molecule has 0 aliphatic carbocycles. The highest BCUT2D eigenvalue weighted by Crippen LogP contribution is 2.27. The van der Waals surface area contributed by atoms with Gasteiger partial charge in [0.05, 0.1) is 41.7 Å². The number of aromatic nitrogens is 2. The summed E-state index contributed by atoms with van der Waals surface area (Å²) in [6.07, 6.45) is 0.709. The number of carbonyl (C=O) groups is 1. The molecule has 0 N–H and O–H groups in total. The molecule has 4 aromatic rings. The summed E-state index contributed by atoms with van der Waals surface area (Å²) in [7, 11) is 1.56. The molecule has 0 radical (unpaired) electrons. The number of hydrogen-bond acceptors (Lipinski definition) is 6. The summed E-state index contributed by atoms with van der Waals surface area (Å²) in [6, 6.07) is 24.3. The molecule has 0 unspecified atom stereocenters. The Hall–Kier alpha value is -3.91. The second kappa shape index (κ2) is 9.52. The highest BCUT2D eigenvalue weighted by atomic mass is 32.2. The molecule has 0 fully saturated rings. The van der Waals surface area contributed by atoms with Crippen LogP contribution in [0.1, 0.15) is 12.0 Å². The van der Waals surface area contributed by atoms with E-state index in [4.69, 9.17) is 9.72 Å². The van der Waals surface area contributed by atoms with Crippen LogP contribution >= 0.6 is 11.8 Å². The van der Waals surface area contributed by atoms with Crippen LogP contribution in [0.15, 0.2) is 93.9 Å². The Kier molecular flexibility index (Phi) is 6.14. The minimum atomic E-state index is -0.212. The summed E-state index contributed by atoms with van der Waals surface area (Å²) in [5.74, 6) is 0.516. The fourth-order valence-corrected chi connectivity index (χ4v) is 4.78. The molecule has 0 saturated carbocycles. The second-order valence-electron chi connectivity index (χ2n) is 7.69. The number of hydrogen-bond donors (Lipinski definition) is 0. The molecule has 1 aliphatic heterocycles. The monoisotopic (exact) mass is 470 g/mol. The lowest BCUT2D eigenvalue weighted by molar-refractivity contribution is -0.127. The molecule has 7 nitrogen and oxygen atoms in total. The van der Waals surface area contributed by atoms with Gasteiger partial charge in [-0.25, -0.2) is 9.99 Å². The van der Waals surface area contributed by atoms with E-state index in [0.29, 0.717) is 40.5 Å². The van der Waals surface area contributed by atoms with Gasteiger partial charge >= 0.3 is 0 Å². The Morgan fingerprint density at radius 2 is 1.74 bits per heavy atom. The van der Waals surface area contributed by atoms with E-state index < -0.39 is 0 Å². The topological polar surface area (TPSA) is 76.8 Å². The highest BCUT2D eigenvalue weighted by Gasteiger charge is 2.23. The van der Waals surface area contributed by atoms with Gasteiger partial charge < -0.3 is 4.74 Å². The number of thioether (sulfide) groups is 1. The first-order valence-electron chi connectivity index (χ1n) is 10.9. The molecule has 0 spiro atoms. The van der Waals surface area contributed by atoms with E-state index in [1.165, 1.54) is 21.3 Å². The van der Waals surface area contributed by atoms with Crippen LogP contribution in [0.3, 0.4) is 0 Å². The van der Waals surface area contributed by atoms with Crippen LogP contribution in [-0.4, -0.2) is 45.6 Å². The number of ether oxygens (including phenoxy) is 1. The van der Waals surface area contributed by atoms with Crippen molar-refractivity contribution >= 4 is 34.3 Å². The standard InChI is InChI=1S/C26H22N4O3S/c1-33-23-14-8-7-13-22(23)30-25(32)19-11-5-6-12-21(19)27-26(30)34-17-24(31)29-16-15-20(28-29)18-9-3-2-4-10-18/h2-14H,15-17H2,1H3. The summed E-state index contributed by atoms with van der Waals surface area (Å²) in [5, 5.41) is 6.95. The first-order chi connectivity index (χ1) is 16.7. The second-order valence-corrected chi connectivity index (χ2v) is 8.63. The Bertz CT molecular complexity index is 1450. The zero-order valence-electron chi connectivity index (χ0n) is 18.5. The molecule has 170 valence electrons. The molecule has 1 aliphatic rings. The van der Waals surface area contributed by atoms with E-state index in [1.54, 1.807) is 31.4 Å². The fraction of sp³-hybridized carbons (Fsp3) is 0.154. The van der Waals surface area contributed by atoms with E-state index in [1.807, 2.05) is 54.6 Å². The van der Waals surface area contributed by atoms with Gasteiger partial charge in [-0.05, 0) is 29.8 Å². The summed E-state index contributed by atoms with van der Waals surface area (Å²) in [5.41, 5.74) is 2.86. The molecule has 5 rings (SSSR count). The van der Waals surface area contributed by atoms with E-state index in [9.17, 15) is 9.59 Å². The smallest absolute Gasteiger partial charge is 0.266 e. The van der Waals surface area contributed by atoms with E-state index in [2.05, 4.69) is 5.10 Å².